The highest BCUT2D eigenvalue weighted by molar-refractivity contribution is 5.81. The van der Waals surface area contributed by atoms with Crippen molar-refractivity contribution in [3.05, 3.63) is 12.7 Å². The number of hydrogen-bond acceptors (Lipinski definition) is 3. The minimum Gasteiger partial charge on any atom is -0.480 e. The average molecular weight is 227 g/mol. The molecule has 0 aromatic carbocycles. The predicted octanol–water partition coefficient (Wildman–Crippen LogP) is 1.49. The van der Waals surface area contributed by atoms with Crippen LogP contribution < -0.4 is 0 Å². The van der Waals surface area contributed by atoms with Crippen molar-refractivity contribution in [2.45, 2.75) is 26.3 Å². The van der Waals surface area contributed by atoms with Crippen LogP contribution in [0.3, 0.4) is 0 Å². The van der Waals surface area contributed by atoms with Gasteiger partial charge in [0, 0.05) is 6.54 Å². The summed E-state index contributed by atoms with van der Waals surface area (Å²) in [7, 11) is 0. The molecule has 0 aromatic heterocycles. The standard InChI is InChI=1S/C11H17NO4/c1-4-5-16-10(15)12-7-11(2,3)6-8(12)9(13)14/h4,8H,1,5-7H2,2-3H3,(H,13,14)/t8-/m1/s1. The quantitative estimate of drug-likeness (QED) is 0.742. The van der Waals surface area contributed by atoms with Crippen molar-refractivity contribution in [3.63, 3.8) is 0 Å². The number of nitrogens with zero attached hydrogens (tertiary/aromatic N) is 1. The molecule has 1 atom stereocenters. The van der Waals surface area contributed by atoms with Gasteiger partial charge < -0.3 is 9.84 Å². The molecule has 5 nitrogen and oxygen atoms in total. The molecule has 1 aliphatic heterocycles. The first kappa shape index (κ1) is 12.5. The fourth-order valence-corrected chi connectivity index (χ4v) is 1.90. The second-order valence-corrected chi connectivity index (χ2v) is 4.72. The minimum atomic E-state index is -0.985. The molecule has 1 N–H and O–H groups in total. The number of rotatable bonds is 3. The first-order chi connectivity index (χ1) is 7.37. The van der Waals surface area contributed by atoms with Gasteiger partial charge in [-0.2, -0.15) is 0 Å². The van der Waals surface area contributed by atoms with Crippen molar-refractivity contribution < 1.29 is 19.4 Å². The summed E-state index contributed by atoms with van der Waals surface area (Å²) in [5, 5.41) is 9.02. The molecule has 1 amide bonds. The summed E-state index contributed by atoms with van der Waals surface area (Å²) in [5.74, 6) is -0.985. The van der Waals surface area contributed by atoms with Crippen molar-refractivity contribution in [1.29, 1.82) is 0 Å². The van der Waals surface area contributed by atoms with Crippen LogP contribution in [0.5, 0.6) is 0 Å². The van der Waals surface area contributed by atoms with Crippen LogP contribution >= 0.6 is 0 Å². The van der Waals surface area contributed by atoms with E-state index >= 15 is 0 Å². The van der Waals surface area contributed by atoms with Crippen molar-refractivity contribution in [3.8, 4) is 0 Å². The summed E-state index contributed by atoms with van der Waals surface area (Å²) < 4.78 is 4.85. The maximum Gasteiger partial charge on any atom is 0.410 e. The number of carboxylic acids is 1. The van der Waals surface area contributed by atoms with Gasteiger partial charge in [0.1, 0.15) is 12.6 Å². The maximum absolute atomic E-state index is 11.6. The van der Waals surface area contributed by atoms with Gasteiger partial charge in [0.15, 0.2) is 0 Å². The number of carboxylic acid groups (broad SMARTS) is 1. The Morgan fingerprint density at radius 1 is 1.62 bits per heavy atom. The number of ether oxygens (including phenoxy) is 1. The Kier molecular flexibility index (Phi) is 3.57. The summed E-state index contributed by atoms with van der Waals surface area (Å²) in [6, 6.07) is -0.785. The zero-order valence-corrected chi connectivity index (χ0v) is 9.60. The highest BCUT2D eigenvalue weighted by Crippen LogP contribution is 2.34. The summed E-state index contributed by atoms with van der Waals surface area (Å²) in [4.78, 5) is 23.9. The molecule has 1 heterocycles. The van der Waals surface area contributed by atoms with Gasteiger partial charge in [-0.3, -0.25) is 4.90 Å². The van der Waals surface area contributed by atoms with E-state index in [1.54, 1.807) is 0 Å². The molecule has 5 heteroatoms. The van der Waals surface area contributed by atoms with Crippen molar-refractivity contribution in [1.82, 2.24) is 4.90 Å². The summed E-state index contributed by atoms with van der Waals surface area (Å²) in [5.41, 5.74) is -0.184. The average Bonchev–Trinajstić information content (AvgIpc) is 2.51. The van der Waals surface area contributed by atoms with E-state index in [9.17, 15) is 9.59 Å². The monoisotopic (exact) mass is 227 g/mol. The molecule has 90 valence electrons. The van der Waals surface area contributed by atoms with Gasteiger partial charge in [-0.15, -0.1) is 0 Å². The number of carbonyl (C=O) groups is 2. The summed E-state index contributed by atoms with van der Waals surface area (Å²) in [6.45, 7) is 7.80. The van der Waals surface area contributed by atoms with Gasteiger partial charge in [0.2, 0.25) is 0 Å². The highest BCUT2D eigenvalue weighted by Gasteiger charge is 2.44. The molecule has 0 radical (unpaired) electrons. The van der Waals surface area contributed by atoms with E-state index in [0.717, 1.165) is 0 Å². The van der Waals surface area contributed by atoms with Crippen LogP contribution in [0.2, 0.25) is 0 Å². The lowest BCUT2D eigenvalue weighted by atomic mass is 9.91. The van der Waals surface area contributed by atoms with Gasteiger partial charge in [0.25, 0.3) is 0 Å². The van der Waals surface area contributed by atoms with Crippen LogP contribution in [-0.4, -0.2) is 41.3 Å². The third-order valence-corrected chi connectivity index (χ3v) is 2.56. The number of carbonyl (C=O) groups excluding carboxylic acids is 1. The van der Waals surface area contributed by atoms with Crippen LogP contribution in [0.25, 0.3) is 0 Å². The Bertz CT molecular complexity index is 311. The molecule has 0 unspecified atom stereocenters. The molecular formula is C11H17NO4. The molecule has 16 heavy (non-hydrogen) atoms. The van der Waals surface area contributed by atoms with Crippen molar-refractivity contribution in [2.24, 2.45) is 5.41 Å². The van der Waals surface area contributed by atoms with Crippen LogP contribution in [0, 0.1) is 5.41 Å². The smallest absolute Gasteiger partial charge is 0.410 e. The normalized spacial score (nSPS) is 22.9. The Balaban J connectivity index is 2.73. The van der Waals surface area contributed by atoms with E-state index in [1.807, 2.05) is 13.8 Å². The SMILES string of the molecule is C=CCOC(=O)N1CC(C)(C)C[C@@H]1C(=O)O. The Labute approximate surface area is 94.7 Å². The Hall–Kier alpha value is -1.52. The third kappa shape index (κ3) is 2.74. The highest BCUT2D eigenvalue weighted by atomic mass is 16.6. The molecule has 0 aliphatic carbocycles. The van der Waals surface area contributed by atoms with Crippen LogP contribution in [0.15, 0.2) is 12.7 Å². The largest absolute Gasteiger partial charge is 0.480 e. The lowest BCUT2D eigenvalue weighted by Crippen LogP contribution is -2.41. The second-order valence-electron chi connectivity index (χ2n) is 4.72. The lowest BCUT2D eigenvalue weighted by molar-refractivity contribution is -0.141. The molecule has 0 aromatic rings. The summed E-state index contributed by atoms with van der Waals surface area (Å²) >= 11 is 0. The van der Waals surface area contributed by atoms with Crippen molar-refractivity contribution >= 4 is 12.1 Å². The van der Waals surface area contributed by atoms with E-state index in [4.69, 9.17) is 9.84 Å². The fraction of sp³-hybridized carbons (Fsp3) is 0.636. The van der Waals surface area contributed by atoms with Gasteiger partial charge in [-0.05, 0) is 11.8 Å². The van der Waals surface area contributed by atoms with Gasteiger partial charge in [0.05, 0.1) is 0 Å². The zero-order chi connectivity index (χ0) is 12.3. The molecule has 1 fully saturated rings. The van der Waals surface area contributed by atoms with E-state index in [2.05, 4.69) is 6.58 Å². The number of aliphatic carboxylic acids is 1. The fourth-order valence-electron chi connectivity index (χ4n) is 1.90. The zero-order valence-electron chi connectivity index (χ0n) is 9.60. The van der Waals surface area contributed by atoms with E-state index in [0.29, 0.717) is 13.0 Å². The predicted molar refractivity (Wildman–Crippen MR) is 58.1 cm³/mol. The van der Waals surface area contributed by atoms with E-state index in [1.165, 1.54) is 11.0 Å². The van der Waals surface area contributed by atoms with Gasteiger partial charge >= 0.3 is 12.1 Å². The Morgan fingerprint density at radius 3 is 2.75 bits per heavy atom. The van der Waals surface area contributed by atoms with Gasteiger partial charge in [-0.25, -0.2) is 9.59 Å². The second kappa shape index (κ2) is 4.55. The lowest BCUT2D eigenvalue weighted by Gasteiger charge is -2.21. The topological polar surface area (TPSA) is 66.8 Å². The molecule has 1 saturated heterocycles. The first-order valence-corrected chi connectivity index (χ1v) is 5.14. The van der Waals surface area contributed by atoms with Crippen molar-refractivity contribution in [2.75, 3.05) is 13.2 Å². The molecular weight excluding hydrogens is 210 g/mol. The van der Waals surface area contributed by atoms with Crippen LogP contribution in [0.1, 0.15) is 20.3 Å². The number of hydrogen-bond donors (Lipinski definition) is 1. The molecule has 0 bridgehead atoms. The molecule has 1 rings (SSSR count). The van der Waals surface area contributed by atoms with Crippen LogP contribution in [-0.2, 0) is 9.53 Å². The maximum atomic E-state index is 11.6. The number of amides is 1. The third-order valence-electron chi connectivity index (χ3n) is 2.56. The van der Waals surface area contributed by atoms with Gasteiger partial charge in [-0.1, -0.05) is 26.5 Å². The summed E-state index contributed by atoms with van der Waals surface area (Å²) in [6.07, 6.45) is 1.32. The first-order valence-electron chi connectivity index (χ1n) is 5.14. The molecule has 0 saturated carbocycles. The van der Waals surface area contributed by atoms with E-state index in [-0.39, 0.29) is 12.0 Å². The number of likely N-dealkylation sites (tertiary alicyclic amines) is 1. The minimum absolute atomic E-state index is 0.0993. The Morgan fingerprint density at radius 2 is 2.25 bits per heavy atom. The van der Waals surface area contributed by atoms with Crippen LogP contribution in [0.4, 0.5) is 4.79 Å². The van der Waals surface area contributed by atoms with E-state index < -0.39 is 18.1 Å². The molecule has 1 aliphatic rings. The molecule has 0 spiro atoms.